The number of benzene rings is 4. The quantitative estimate of drug-likeness (QED) is 0.0521. The minimum Gasteiger partial charge on any atom is -0.468 e. The van der Waals surface area contributed by atoms with E-state index in [0.717, 1.165) is 35.5 Å². The first-order chi connectivity index (χ1) is 24.3. The summed E-state index contributed by atoms with van der Waals surface area (Å²) in [6.45, 7) is 10.8. The third kappa shape index (κ3) is 7.89. The lowest BCUT2D eigenvalue weighted by atomic mass is 9.90. The molecular formula is C40H42O10. The normalized spacial score (nSPS) is 17.8. The summed E-state index contributed by atoms with van der Waals surface area (Å²) in [6.07, 6.45) is 0. The van der Waals surface area contributed by atoms with Crippen LogP contribution < -0.4 is 23.7 Å². The summed E-state index contributed by atoms with van der Waals surface area (Å²) < 4.78 is 50.6. The Bertz CT molecular complexity index is 1780. The smallest absolute Gasteiger partial charge is 0.343 e. The molecule has 1 aliphatic carbocycles. The van der Waals surface area contributed by atoms with Crippen LogP contribution in [-0.4, -0.2) is 66.0 Å². The van der Waals surface area contributed by atoms with Crippen molar-refractivity contribution in [2.45, 2.75) is 26.7 Å². The third-order valence-corrected chi connectivity index (χ3v) is 9.17. The molecule has 10 heteroatoms. The van der Waals surface area contributed by atoms with Crippen LogP contribution in [0.3, 0.4) is 0 Å². The molecule has 2 heterocycles. The minimum atomic E-state index is -0.440. The lowest BCUT2D eigenvalue weighted by Gasteiger charge is -2.37. The summed E-state index contributed by atoms with van der Waals surface area (Å²) in [5.41, 5.74) is 5.04. The highest BCUT2D eigenvalue weighted by Gasteiger charge is 2.34. The van der Waals surface area contributed by atoms with Crippen molar-refractivity contribution in [3.05, 3.63) is 102 Å². The van der Waals surface area contributed by atoms with Crippen LogP contribution in [0.2, 0.25) is 0 Å². The SMILES string of the molecule is CC1c2cc(OCOc3ccc(OCOCC4(C)COC4)cc3)ccc2-c2ccc(OC(=O)c3ccc(OCOCC4(C)COC4)cc3)cc21. The van der Waals surface area contributed by atoms with Gasteiger partial charge in [0.25, 0.3) is 0 Å². The summed E-state index contributed by atoms with van der Waals surface area (Å²) in [6, 6.07) is 26.0. The molecule has 0 N–H and O–H groups in total. The van der Waals surface area contributed by atoms with Gasteiger partial charge in [0.15, 0.2) is 13.6 Å². The highest BCUT2D eigenvalue weighted by atomic mass is 16.7. The molecule has 0 spiro atoms. The zero-order valence-electron chi connectivity index (χ0n) is 28.6. The molecule has 1 unspecified atom stereocenters. The fourth-order valence-corrected chi connectivity index (χ4v) is 6.12. The molecule has 0 aromatic heterocycles. The second-order valence-electron chi connectivity index (χ2n) is 13.8. The molecule has 1 atom stereocenters. The Hall–Kier alpha value is -4.61. The highest BCUT2D eigenvalue weighted by Crippen LogP contribution is 2.47. The number of ether oxygens (including phenoxy) is 9. The summed E-state index contributed by atoms with van der Waals surface area (Å²) in [7, 11) is 0. The van der Waals surface area contributed by atoms with Crippen LogP contribution in [0.4, 0.5) is 0 Å². The fraction of sp³-hybridized carbons (Fsp3) is 0.375. The number of carbonyl (C=O) groups excluding carboxylic acids is 1. The van der Waals surface area contributed by atoms with E-state index in [1.165, 1.54) is 0 Å². The van der Waals surface area contributed by atoms with E-state index < -0.39 is 5.97 Å². The molecule has 0 saturated carbocycles. The van der Waals surface area contributed by atoms with E-state index >= 15 is 0 Å². The Morgan fingerprint density at radius 2 is 1.02 bits per heavy atom. The van der Waals surface area contributed by atoms with Gasteiger partial charge in [0.05, 0.1) is 45.2 Å². The van der Waals surface area contributed by atoms with E-state index in [1.807, 2.05) is 54.6 Å². The van der Waals surface area contributed by atoms with Crippen molar-refractivity contribution in [1.29, 1.82) is 0 Å². The average molecular weight is 683 g/mol. The Kier molecular flexibility index (Phi) is 9.96. The third-order valence-electron chi connectivity index (χ3n) is 9.17. The van der Waals surface area contributed by atoms with E-state index in [2.05, 4.69) is 26.8 Å². The van der Waals surface area contributed by atoms with Crippen molar-refractivity contribution in [2.75, 3.05) is 60.0 Å². The molecule has 2 aliphatic heterocycles. The Balaban J connectivity index is 0.869. The number of hydrogen-bond donors (Lipinski definition) is 0. The van der Waals surface area contributed by atoms with E-state index in [0.29, 0.717) is 60.7 Å². The largest absolute Gasteiger partial charge is 0.468 e. The lowest BCUT2D eigenvalue weighted by molar-refractivity contribution is -0.151. The van der Waals surface area contributed by atoms with Gasteiger partial charge in [0, 0.05) is 16.7 Å². The standard InChI is InChI=1S/C40H42O10/c1-27-36-16-32(49-26-48-31-10-8-30(9-11-31)47-25-45-23-40(3)20-43-21-40)12-14-34(36)35-15-13-33(17-37(27)35)50-38(41)28-4-6-29(7-5-28)46-24-44-22-39(2)18-42-19-39/h4-17,27H,18-26H2,1-3H3. The van der Waals surface area contributed by atoms with Gasteiger partial charge >= 0.3 is 5.97 Å². The van der Waals surface area contributed by atoms with E-state index in [1.54, 1.807) is 24.3 Å². The van der Waals surface area contributed by atoms with Gasteiger partial charge in [-0.15, -0.1) is 0 Å². The van der Waals surface area contributed by atoms with Gasteiger partial charge < -0.3 is 42.6 Å². The first-order valence-corrected chi connectivity index (χ1v) is 16.8. The summed E-state index contributed by atoms with van der Waals surface area (Å²) >= 11 is 0. The van der Waals surface area contributed by atoms with Gasteiger partial charge in [-0.1, -0.05) is 32.9 Å². The van der Waals surface area contributed by atoms with E-state index in [9.17, 15) is 4.79 Å². The Morgan fingerprint density at radius 3 is 1.52 bits per heavy atom. The van der Waals surface area contributed by atoms with Crippen LogP contribution in [0.5, 0.6) is 28.7 Å². The molecule has 4 aromatic carbocycles. The van der Waals surface area contributed by atoms with Crippen molar-refractivity contribution in [2.24, 2.45) is 10.8 Å². The Labute approximate surface area is 292 Å². The van der Waals surface area contributed by atoms with Crippen LogP contribution in [0.1, 0.15) is 48.2 Å². The molecule has 2 fully saturated rings. The fourth-order valence-electron chi connectivity index (χ4n) is 6.12. The predicted octanol–water partition coefficient (Wildman–Crippen LogP) is 7.23. The number of hydrogen-bond acceptors (Lipinski definition) is 10. The summed E-state index contributed by atoms with van der Waals surface area (Å²) in [5.74, 6) is 2.82. The summed E-state index contributed by atoms with van der Waals surface area (Å²) in [4.78, 5) is 13.0. The van der Waals surface area contributed by atoms with Crippen LogP contribution in [0.25, 0.3) is 11.1 Å². The molecule has 4 aromatic rings. The van der Waals surface area contributed by atoms with Crippen molar-refractivity contribution >= 4 is 5.97 Å². The van der Waals surface area contributed by atoms with Crippen molar-refractivity contribution in [1.82, 2.24) is 0 Å². The van der Waals surface area contributed by atoms with Crippen LogP contribution in [0.15, 0.2) is 84.9 Å². The molecule has 10 nitrogen and oxygen atoms in total. The average Bonchev–Trinajstić information content (AvgIpc) is 3.38. The minimum absolute atomic E-state index is 0.0559. The van der Waals surface area contributed by atoms with Gasteiger partial charge in [0.2, 0.25) is 6.79 Å². The van der Waals surface area contributed by atoms with Gasteiger partial charge in [0.1, 0.15) is 28.7 Å². The molecule has 7 rings (SSSR count). The zero-order valence-corrected chi connectivity index (χ0v) is 28.6. The highest BCUT2D eigenvalue weighted by molar-refractivity contribution is 5.91. The van der Waals surface area contributed by atoms with E-state index in [4.69, 9.17) is 42.6 Å². The Morgan fingerprint density at radius 1 is 0.600 bits per heavy atom. The lowest BCUT2D eigenvalue weighted by Crippen LogP contribution is -2.43. The van der Waals surface area contributed by atoms with Crippen LogP contribution in [0, 0.1) is 10.8 Å². The van der Waals surface area contributed by atoms with Crippen molar-refractivity contribution < 1.29 is 47.4 Å². The molecule has 0 radical (unpaired) electrons. The summed E-state index contributed by atoms with van der Waals surface area (Å²) in [5, 5.41) is 0. The van der Waals surface area contributed by atoms with Gasteiger partial charge in [-0.2, -0.15) is 0 Å². The van der Waals surface area contributed by atoms with Crippen LogP contribution in [-0.2, 0) is 18.9 Å². The topological polar surface area (TPSA) is 100 Å². The number of esters is 1. The van der Waals surface area contributed by atoms with Gasteiger partial charge in [-0.3, -0.25) is 0 Å². The predicted molar refractivity (Wildman–Crippen MR) is 184 cm³/mol. The maximum absolute atomic E-state index is 13.0. The van der Waals surface area contributed by atoms with E-state index in [-0.39, 0.29) is 37.1 Å². The maximum Gasteiger partial charge on any atom is 0.343 e. The second kappa shape index (κ2) is 14.7. The number of rotatable bonds is 16. The molecule has 2 saturated heterocycles. The molecule has 262 valence electrons. The van der Waals surface area contributed by atoms with Crippen LogP contribution >= 0.6 is 0 Å². The molecular weight excluding hydrogens is 640 g/mol. The van der Waals surface area contributed by atoms with Gasteiger partial charge in [-0.05, 0) is 95.1 Å². The molecule has 3 aliphatic rings. The van der Waals surface area contributed by atoms with Gasteiger partial charge in [-0.25, -0.2) is 4.79 Å². The van der Waals surface area contributed by atoms with Crippen molar-refractivity contribution in [3.8, 4) is 39.9 Å². The zero-order chi connectivity index (χ0) is 34.6. The van der Waals surface area contributed by atoms with Crippen molar-refractivity contribution in [3.63, 3.8) is 0 Å². The number of carbonyl (C=O) groups is 1. The number of fused-ring (bicyclic) bond motifs is 3. The molecule has 0 amide bonds. The monoisotopic (exact) mass is 682 g/mol. The first-order valence-electron chi connectivity index (χ1n) is 16.8. The maximum atomic E-state index is 13.0. The molecule has 0 bridgehead atoms. The first kappa shape index (κ1) is 33.9. The second-order valence-corrected chi connectivity index (χ2v) is 13.8. The molecule has 50 heavy (non-hydrogen) atoms.